The van der Waals surface area contributed by atoms with Crippen LogP contribution in [0.5, 0.6) is 5.75 Å². The lowest BCUT2D eigenvalue weighted by Crippen LogP contribution is -2.30. The van der Waals surface area contributed by atoms with Gasteiger partial charge in [-0.2, -0.15) is 0 Å². The number of ether oxygens (including phenoxy) is 1. The average molecular weight is 310 g/mol. The van der Waals surface area contributed by atoms with Crippen molar-refractivity contribution < 1.29 is 9.53 Å². The first-order valence-electron chi connectivity index (χ1n) is 8.06. The molecule has 0 fully saturated rings. The van der Waals surface area contributed by atoms with Crippen molar-refractivity contribution in [2.24, 2.45) is 0 Å². The highest BCUT2D eigenvalue weighted by Gasteiger charge is 2.21. The number of hydrogen-bond donors (Lipinski definition) is 2. The second kappa shape index (κ2) is 7.18. The van der Waals surface area contributed by atoms with E-state index in [1.807, 2.05) is 42.5 Å². The van der Waals surface area contributed by atoms with Crippen molar-refractivity contribution in [2.45, 2.75) is 25.2 Å². The van der Waals surface area contributed by atoms with Gasteiger partial charge in [0, 0.05) is 24.6 Å². The Balaban J connectivity index is 1.51. The van der Waals surface area contributed by atoms with E-state index < -0.39 is 0 Å². The van der Waals surface area contributed by atoms with E-state index in [0.29, 0.717) is 31.9 Å². The van der Waals surface area contributed by atoms with Gasteiger partial charge in [0.15, 0.2) is 0 Å². The molecule has 1 atom stereocenters. The van der Waals surface area contributed by atoms with Crippen LogP contribution in [0.3, 0.4) is 0 Å². The van der Waals surface area contributed by atoms with Gasteiger partial charge in [-0.15, -0.1) is 0 Å². The van der Waals surface area contributed by atoms with E-state index >= 15 is 0 Å². The maximum absolute atomic E-state index is 12.1. The number of fused-ring (bicyclic) bond motifs is 1. The predicted octanol–water partition coefficient (Wildman–Crippen LogP) is 2.88. The first-order chi connectivity index (χ1) is 11.2. The van der Waals surface area contributed by atoms with Crippen LogP contribution in [-0.2, 0) is 11.2 Å². The Morgan fingerprint density at radius 1 is 1.17 bits per heavy atom. The van der Waals surface area contributed by atoms with Crippen LogP contribution in [0.2, 0.25) is 0 Å². The molecule has 4 heteroatoms. The van der Waals surface area contributed by atoms with Crippen LogP contribution >= 0.6 is 0 Å². The summed E-state index contributed by atoms with van der Waals surface area (Å²) in [7, 11) is 0. The maximum atomic E-state index is 12.1. The van der Waals surface area contributed by atoms with E-state index in [0.717, 1.165) is 23.4 Å². The number of aryl methyl sites for hydroxylation is 1. The molecule has 3 N–H and O–H groups in total. The second-order valence-electron chi connectivity index (χ2n) is 5.87. The maximum Gasteiger partial charge on any atom is 0.220 e. The molecule has 1 heterocycles. The molecule has 1 amide bonds. The van der Waals surface area contributed by atoms with Gasteiger partial charge in [0.25, 0.3) is 0 Å². The highest BCUT2D eigenvalue weighted by Crippen LogP contribution is 2.32. The number of carbonyl (C=O) groups is 1. The summed E-state index contributed by atoms with van der Waals surface area (Å²) < 4.78 is 5.65. The van der Waals surface area contributed by atoms with Crippen LogP contribution in [0, 0.1) is 0 Å². The molecule has 120 valence electrons. The van der Waals surface area contributed by atoms with Gasteiger partial charge in [-0.3, -0.25) is 4.79 Å². The predicted molar refractivity (Wildman–Crippen MR) is 91.5 cm³/mol. The summed E-state index contributed by atoms with van der Waals surface area (Å²) >= 11 is 0. The number of nitrogens with one attached hydrogen (secondary N) is 1. The van der Waals surface area contributed by atoms with Crippen molar-refractivity contribution in [2.75, 3.05) is 18.9 Å². The first-order valence-corrected chi connectivity index (χ1v) is 8.06. The molecule has 0 saturated heterocycles. The number of rotatable bonds is 5. The third kappa shape index (κ3) is 3.83. The number of nitrogen functional groups attached to an aromatic ring is 1. The van der Waals surface area contributed by atoms with Crippen molar-refractivity contribution in [1.29, 1.82) is 0 Å². The SMILES string of the molecule is Nc1ccccc1CCC(=O)NCC1CCOc2ccccc21. The van der Waals surface area contributed by atoms with E-state index in [2.05, 4.69) is 11.4 Å². The molecule has 2 aromatic carbocycles. The largest absolute Gasteiger partial charge is 0.493 e. The molecule has 23 heavy (non-hydrogen) atoms. The topological polar surface area (TPSA) is 64.4 Å². The van der Waals surface area contributed by atoms with Gasteiger partial charge in [0.2, 0.25) is 5.91 Å². The summed E-state index contributed by atoms with van der Waals surface area (Å²) in [4.78, 5) is 12.1. The molecule has 4 nitrogen and oxygen atoms in total. The Labute approximate surface area is 136 Å². The molecule has 0 aliphatic carbocycles. The van der Waals surface area contributed by atoms with Crippen LogP contribution in [0.1, 0.15) is 29.9 Å². The summed E-state index contributed by atoms with van der Waals surface area (Å²) in [5.41, 5.74) is 8.87. The minimum Gasteiger partial charge on any atom is -0.493 e. The highest BCUT2D eigenvalue weighted by molar-refractivity contribution is 5.76. The summed E-state index contributed by atoms with van der Waals surface area (Å²) in [5.74, 6) is 1.33. The minimum absolute atomic E-state index is 0.0669. The lowest BCUT2D eigenvalue weighted by Gasteiger charge is -2.26. The van der Waals surface area contributed by atoms with Gasteiger partial charge < -0.3 is 15.8 Å². The number of para-hydroxylation sites is 2. The van der Waals surface area contributed by atoms with Crippen molar-refractivity contribution in [3.05, 3.63) is 59.7 Å². The molecule has 0 spiro atoms. The lowest BCUT2D eigenvalue weighted by molar-refractivity contribution is -0.121. The summed E-state index contributed by atoms with van der Waals surface area (Å²) in [5, 5.41) is 3.05. The van der Waals surface area contributed by atoms with Crippen LogP contribution in [-0.4, -0.2) is 19.1 Å². The quantitative estimate of drug-likeness (QED) is 0.835. The minimum atomic E-state index is 0.0669. The Kier molecular flexibility index (Phi) is 4.81. The monoisotopic (exact) mass is 310 g/mol. The fourth-order valence-corrected chi connectivity index (χ4v) is 2.96. The van der Waals surface area contributed by atoms with Gasteiger partial charge in [-0.05, 0) is 36.1 Å². The summed E-state index contributed by atoms with van der Waals surface area (Å²) in [6.45, 7) is 1.36. The van der Waals surface area contributed by atoms with Crippen molar-refractivity contribution >= 4 is 11.6 Å². The van der Waals surface area contributed by atoms with Crippen molar-refractivity contribution in [3.8, 4) is 5.75 Å². The summed E-state index contributed by atoms with van der Waals surface area (Å²) in [6.07, 6.45) is 2.06. The molecule has 0 radical (unpaired) electrons. The van der Waals surface area contributed by atoms with Crippen LogP contribution in [0.4, 0.5) is 5.69 Å². The second-order valence-corrected chi connectivity index (χ2v) is 5.87. The number of nitrogens with two attached hydrogens (primary N) is 1. The Hall–Kier alpha value is -2.49. The number of benzene rings is 2. The number of anilines is 1. The molecule has 0 saturated carbocycles. The smallest absolute Gasteiger partial charge is 0.220 e. The standard InChI is InChI=1S/C19H22N2O2/c20-17-7-3-1-5-14(17)9-10-19(22)21-13-15-11-12-23-18-8-4-2-6-16(15)18/h1-8,15H,9-13,20H2,(H,21,22). The van der Waals surface area contributed by atoms with Crippen LogP contribution in [0.25, 0.3) is 0 Å². The zero-order valence-corrected chi connectivity index (χ0v) is 13.1. The van der Waals surface area contributed by atoms with Crippen molar-refractivity contribution in [1.82, 2.24) is 5.32 Å². The Morgan fingerprint density at radius 3 is 2.83 bits per heavy atom. The number of amides is 1. The fourth-order valence-electron chi connectivity index (χ4n) is 2.96. The molecule has 1 aliphatic rings. The summed E-state index contributed by atoms with van der Waals surface area (Å²) in [6, 6.07) is 15.7. The zero-order valence-electron chi connectivity index (χ0n) is 13.1. The average Bonchev–Trinajstić information content (AvgIpc) is 2.59. The molecule has 1 unspecified atom stereocenters. The van der Waals surface area contributed by atoms with E-state index in [1.54, 1.807) is 0 Å². The van der Waals surface area contributed by atoms with Gasteiger partial charge in [-0.25, -0.2) is 0 Å². The molecular formula is C19H22N2O2. The molecule has 2 aromatic rings. The Bertz CT molecular complexity index is 685. The van der Waals surface area contributed by atoms with E-state index in [-0.39, 0.29) is 5.91 Å². The molecule has 1 aliphatic heterocycles. The number of hydrogen-bond acceptors (Lipinski definition) is 3. The van der Waals surface area contributed by atoms with E-state index in [1.165, 1.54) is 5.56 Å². The Morgan fingerprint density at radius 2 is 1.96 bits per heavy atom. The number of carbonyl (C=O) groups excluding carboxylic acids is 1. The molecular weight excluding hydrogens is 288 g/mol. The van der Waals surface area contributed by atoms with E-state index in [4.69, 9.17) is 10.5 Å². The molecule has 3 rings (SSSR count). The molecule has 0 aromatic heterocycles. The molecule has 0 bridgehead atoms. The van der Waals surface area contributed by atoms with Gasteiger partial charge >= 0.3 is 0 Å². The lowest BCUT2D eigenvalue weighted by atomic mass is 9.93. The highest BCUT2D eigenvalue weighted by atomic mass is 16.5. The van der Waals surface area contributed by atoms with Gasteiger partial charge in [0.05, 0.1) is 6.61 Å². The van der Waals surface area contributed by atoms with Gasteiger partial charge in [0.1, 0.15) is 5.75 Å². The van der Waals surface area contributed by atoms with E-state index in [9.17, 15) is 4.79 Å². The van der Waals surface area contributed by atoms with Crippen molar-refractivity contribution in [3.63, 3.8) is 0 Å². The fraction of sp³-hybridized carbons (Fsp3) is 0.316. The third-order valence-corrected chi connectivity index (χ3v) is 4.30. The third-order valence-electron chi connectivity index (χ3n) is 4.30. The van der Waals surface area contributed by atoms with Crippen LogP contribution in [0.15, 0.2) is 48.5 Å². The first kappa shape index (κ1) is 15.4. The zero-order chi connectivity index (χ0) is 16.1. The van der Waals surface area contributed by atoms with Gasteiger partial charge in [-0.1, -0.05) is 36.4 Å². The normalized spacial score (nSPS) is 16.3. The van der Waals surface area contributed by atoms with Crippen LogP contribution < -0.4 is 15.8 Å².